The van der Waals surface area contributed by atoms with Crippen LogP contribution in [-0.2, 0) is 4.79 Å². The van der Waals surface area contributed by atoms with Crippen molar-refractivity contribution in [1.29, 1.82) is 0 Å². The van der Waals surface area contributed by atoms with E-state index in [0.717, 1.165) is 0 Å². The van der Waals surface area contributed by atoms with Gasteiger partial charge < -0.3 is 5.11 Å². The van der Waals surface area contributed by atoms with Crippen molar-refractivity contribution in [3.8, 4) is 0 Å². The van der Waals surface area contributed by atoms with Crippen molar-refractivity contribution >= 4 is 29.0 Å². The Balaban J connectivity index is 2.94. The molecular formula is C10H10ClFN2O2. The van der Waals surface area contributed by atoms with Crippen LogP contribution in [0.25, 0.3) is 0 Å². The molecule has 1 aromatic carbocycles. The summed E-state index contributed by atoms with van der Waals surface area (Å²) in [5, 5.41) is 12.4. The topological polar surface area (TPSA) is 61.7 Å². The summed E-state index contributed by atoms with van der Waals surface area (Å²) < 4.78 is 13.3. The maximum Gasteiger partial charge on any atom is 0.351 e. The van der Waals surface area contributed by atoms with Gasteiger partial charge in [-0.05, 0) is 31.5 Å². The molecule has 0 spiro atoms. The Labute approximate surface area is 96.7 Å². The Kier molecular flexibility index (Phi) is 3.84. The van der Waals surface area contributed by atoms with Gasteiger partial charge in [0.15, 0.2) is 0 Å². The van der Waals surface area contributed by atoms with Crippen molar-refractivity contribution in [1.82, 2.24) is 0 Å². The van der Waals surface area contributed by atoms with Gasteiger partial charge in [-0.2, -0.15) is 5.10 Å². The van der Waals surface area contributed by atoms with Gasteiger partial charge in [-0.1, -0.05) is 11.6 Å². The summed E-state index contributed by atoms with van der Waals surface area (Å²) in [6, 6.07) is 2.60. The standard InChI is InChI=1S/C10H10ClFN2O2/c1-5-3-8(12)9(4-7(5)11)14-13-6(2)10(15)16/h3-4,14H,1-2H3,(H,15,16)/b13-6+. The SMILES string of the molecule is C/C(=N\Nc1cc(Cl)c(C)cc1F)C(=O)O. The minimum Gasteiger partial charge on any atom is -0.477 e. The zero-order chi connectivity index (χ0) is 12.3. The van der Waals surface area contributed by atoms with Gasteiger partial charge in [0.05, 0.1) is 5.69 Å². The van der Waals surface area contributed by atoms with Crippen molar-refractivity contribution in [3.63, 3.8) is 0 Å². The molecule has 1 rings (SSSR count). The number of carboxylic acids is 1. The number of nitrogens with one attached hydrogen (secondary N) is 1. The first-order valence-electron chi connectivity index (χ1n) is 4.41. The number of anilines is 1. The highest BCUT2D eigenvalue weighted by Crippen LogP contribution is 2.23. The lowest BCUT2D eigenvalue weighted by Gasteiger charge is -2.05. The quantitative estimate of drug-likeness (QED) is 0.635. The van der Waals surface area contributed by atoms with Crippen LogP contribution < -0.4 is 5.43 Å². The molecule has 2 N–H and O–H groups in total. The van der Waals surface area contributed by atoms with Crippen LogP contribution in [0.2, 0.25) is 5.02 Å². The number of rotatable bonds is 3. The van der Waals surface area contributed by atoms with Crippen LogP contribution in [0, 0.1) is 12.7 Å². The summed E-state index contributed by atoms with van der Waals surface area (Å²) in [7, 11) is 0. The lowest BCUT2D eigenvalue weighted by molar-refractivity contribution is -0.129. The molecule has 16 heavy (non-hydrogen) atoms. The van der Waals surface area contributed by atoms with Gasteiger partial charge >= 0.3 is 5.97 Å². The molecule has 0 bridgehead atoms. The van der Waals surface area contributed by atoms with E-state index in [9.17, 15) is 9.18 Å². The van der Waals surface area contributed by atoms with Crippen molar-refractivity contribution in [2.45, 2.75) is 13.8 Å². The number of carboxylic acid groups (broad SMARTS) is 1. The van der Waals surface area contributed by atoms with E-state index >= 15 is 0 Å². The van der Waals surface area contributed by atoms with Gasteiger partial charge in [0.25, 0.3) is 0 Å². The molecule has 1 aromatic rings. The smallest absolute Gasteiger partial charge is 0.351 e. The molecule has 0 aliphatic heterocycles. The molecule has 0 amide bonds. The zero-order valence-corrected chi connectivity index (χ0v) is 9.47. The van der Waals surface area contributed by atoms with Gasteiger partial charge in [-0.3, -0.25) is 5.43 Å². The lowest BCUT2D eigenvalue weighted by Crippen LogP contribution is -2.10. The van der Waals surface area contributed by atoms with Crippen molar-refractivity contribution in [2.75, 3.05) is 5.43 Å². The van der Waals surface area contributed by atoms with E-state index < -0.39 is 11.8 Å². The fourth-order valence-corrected chi connectivity index (χ4v) is 1.09. The second kappa shape index (κ2) is 4.94. The number of hydrazone groups is 1. The third-order valence-corrected chi connectivity index (χ3v) is 2.31. The van der Waals surface area contributed by atoms with E-state index in [-0.39, 0.29) is 11.4 Å². The molecule has 86 valence electrons. The fraction of sp³-hybridized carbons (Fsp3) is 0.200. The van der Waals surface area contributed by atoms with Crippen LogP contribution in [0.1, 0.15) is 12.5 Å². The number of hydrogen-bond donors (Lipinski definition) is 2. The summed E-state index contributed by atoms with van der Waals surface area (Å²) in [5.74, 6) is -1.71. The van der Waals surface area contributed by atoms with E-state index in [1.54, 1.807) is 6.92 Å². The summed E-state index contributed by atoms with van der Waals surface area (Å²) >= 11 is 5.79. The normalized spacial score (nSPS) is 11.4. The highest BCUT2D eigenvalue weighted by atomic mass is 35.5. The molecule has 4 nitrogen and oxygen atoms in total. The molecule has 0 aliphatic carbocycles. The largest absolute Gasteiger partial charge is 0.477 e. The number of aliphatic carboxylic acids is 1. The van der Waals surface area contributed by atoms with Gasteiger partial charge in [0.2, 0.25) is 0 Å². The number of hydrogen-bond acceptors (Lipinski definition) is 3. The monoisotopic (exact) mass is 244 g/mol. The van der Waals surface area contributed by atoms with E-state index in [1.807, 2.05) is 0 Å². The molecule has 0 aromatic heterocycles. The van der Waals surface area contributed by atoms with E-state index in [2.05, 4.69) is 10.5 Å². The molecular weight excluding hydrogens is 235 g/mol. The first-order valence-corrected chi connectivity index (χ1v) is 4.79. The number of aryl methyl sites for hydroxylation is 1. The average molecular weight is 245 g/mol. The second-order valence-corrected chi connectivity index (χ2v) is 3.60. The predicted octanol–water partition coefficient (Wildman–Crippen LogP) is 2.66. The lowest BCUT2D eigenvalue weighted by atomic mass is 10.2. The highest BCUT2D eigenvalue weighted by molar-refractivity contribution is 6.34. The fourth-order valence-electron chi connectivity index (χ4n) is 0.924. The highest BCUT2D eigenvalue weighted by Gasteiger charge is 2.06. The van der Waals surface area contributed by atoms with Gasteiger partial charge in [-0.25, -0.2) is 9.18 Å². The van der Waals surface area contributed by atoms with Gasteiger partial charge in [0, 0.05) is 5.02 Å². The summed E-state index contributed by atoms with van der Waals surface area (Å²) in [6.45, 7) is 2.96. The maximum atomic E-state index is 13.3. The average Bonchev–Trinajstić information content (AvgIpc) is 2.20. The maximum absolute atomic E-state index is 13.3. The van der Waals surface area contributed by atoms with Crippen LogP contribution in [0.15, 0.2) is 17.2 Å². The number of halogens is 2. The second-order valence-electron chi connectivity index (χ2n) is 3.20. The third-order valence-electron chi connectivity index (χ3n) is 1.90. The number of benzene rings is 1. The Hall–Kier alpha value is -1.62. The summed E-state index contributed by atoms with van der Waals surface area (Å²) in [5.41, 5.74) is 2.78. The predicted molar refractivity (Wildman–Crippen MR) is 60.5 cm³/mol. The Morgan fingerprint density at radius 1 is 1.56 bits per heavy atom. The molecule has 0 heterocycles. The molecule has 0 saturated heterocycles. The van der Waals surface area contributed by atoms with Gasteiger partial charge in [0.1, 0.15) is 11.5 Å². The van der Waals surface area contributed by atoms with Crippen LogP contribution in [0.4, 0.5) is 10.1 Å². The summed E-state index contributed by atoms with van der Waals surface area (Å²) in [6.07, 6.45) is 0. The van der Waals surface area contributed by atoms with Crippen molar-refractivity contribution in [2.24, 2.45) is 5.10 Å². The number of carbonyl (C=O) groups is 1. The third kappa shape index (κ3) is 2.93. The summed E-state index contributed by atoms with van der Waals surface area (Å²) in [4.78, 5) is 10.4. The van der Waals surface area contributed by atoms with Crippen LogP contribution >= 0.6 is 11.6 Å². The molecule has 0 aliphatic rings. The molecule has 0 unspecified atom stereocenters. The number of nitrogens with zero attached hydrogens (tertiary/aromatic N) is 1. The first-order chi connectivity index (χ1) is 7.41. The minimum atomic E-state index is -1.17. The van der Waals surface area contributed by atoms with Crippen LogP contribution in [-0.4, -0.2) is 16.8 Å². The molecule has 6 heteroatoms. The Morgan fingerprint density at radius 2 is 2.19 bits per heavy atom. The van der Waals surface area contributed by atoms with E-state index in [0.29, 0.717) is 10.6 Å². The zero-order valence-electron chi connectivity index (χ0n) is 8.71. The molecule has 0 radical (unpaired) electrons. The Morgan fingerprint density at radius 3 is 2.75 bits per heavy atom. The first kappa shape index (κ1) is 12.4. The molecule has 0 fully saturated rings. The molecule has 0 atom stereocenters. The van der Waals surface area contributed by atoms with E-state index in [1.165, 1.54) is 19.1 Å². The van der Waals surface area contributed by atoms with Gasteiger partial charge in [-0.15, -0.1) is 0 Å². The van der Waals surface area contributed by atoms with Crippen LogP contribution in [0.3, 0.4) is 0 Å². The van der Waals surface area contributed by atoms with E-state index in [4.69, 9.17) is 16.7 Å². The Bertz CT molecular complexity index is 460. The van der Waals surface area contributed by atoms with Crippen molar-refractivity contribution in [3.05, 3.63) is 28.5 Å². The minimum absolute atomic E-state index is 0.0381. The van der Waals surface area contributed by atoms with Crippen molar-refractivity contribution < 1.29 is 14.3 Å². The van der Waals surface area contributed by atoms with Crippen LogP contribution in [0.5, 0.6) is 0 Å². The molecule has 0 saturated carbocycles.